The van der Waals surface area contributed by atoms with Gasteiger partial charge in [-0.1, -0.05) is 31.0 Å². The Morgan fingerprint density at radius 1 is 1.14 bits per heavy atom. The molecule has 2 nitrogen and oxygen atoms in total. The molecule has 0 saturated heterocycles. The van der Waals surface area contributed by atoms with Crippen molar-refractivity contribution in [3.63, 3.8) is 0 Å². The summed E-state index contributed by atoms with van der Waals surface area (Å²) < 4.78 is 5.67. The highest BCUT2D eigenvalue weighted by molar-refractivity contribution is 5.43. The average molecular weight is 285 g/mol. The van der Waals surface area contributed by atoms with Crippen LogP contribution in [0.15, 0.2) is 24.3 Å². The molecule has 1 spiro atoms. The zero-order valence-corrected chi connectivity index (χ0v) is 13.2. The lowest BCUT2D eigenvalue weighted by Crippen LogP contribution is -2.54. The first kappa shape index (κ1) is 13.6. The van der Waals surface area contributed by atoms with Crippen LogP contribution in [0.25, 0.3) is 0 Å². The number of rotatable bonds is 5. The molecule has 0 atom stereocenters. The van der Waals surface area contributed by atoms with Gasteiger partial charge in [-0.2, -0.15) is 0 Å². The van der Waals surface area contributed by atoms with Crippen molar-refractivity contribution in [3.05, 3.63) is 29.8 Å². The number of nitrogens with one attached hydrogen (secondary N) is 1. The third-order valence-corrected chi connectivity index (χ3v) is 6.08. The van der Waals surface area contributed by atoms with Gasteiger partial charge < -0.3 is 10.1 Å². The molecule has 3 saturated carbocycles. The van der Waals surface area contributed by atoms with Crippen molar-refractivity contribution in [2.24, 2.45) is 5.41 Å². The van der Waals surface area contributed by atoms with E-state index < -0.39 is 0 Å². The van der Waals surface area contributed by atoms with Crippen LogP contribution in [0, 0.1) is 5.41 Å². The summed E-state index contributed by atoms with van der Waals surface area (Å²) in [4.78, 5) is 0. The molecular weight excluding hydrogens is 258 g/mol. The molecule has 4 rings (SSSR count). The van der Waals surface area contributed by atoms with Gasteiger partial charge in [0.2, 0.25) is 0 Å². The van der Waals surface area contributed by atoms with Gasteiger partial charge in [0, 0.05) is 23.6 Å². The minimum Gasteiger partial charge on any atom is -0.496 e. The fraction of sp³-hybridized carbons (Fsp3) is 0.684. The first-order valence-electron chi connectivity index (χ1n) is 8.62. The summed E-state index contributed by atoms with van der Waals surface area (Å²) in [5.74, 6) is 1.09. The van der Waals surface area contributed by atoms with E-state index >= 15 is 0 Å². The Hall–Kier alpha value is -1.02. The third-order valence-electron chi connectivity index (χ3n) is 6.08. The maximum absolute atomic E-state index is 5.67. The molecule has 0 amide bonds. The third kappa shape index (κ3) is 2.38. The minimum absolute atomic E-state index is 0.319. The monoisotopic (exact) mass is 285 g/mol. The molecule has 0 aromatic heterocycles. The maximum atomic E-state index is 5.67. The summed E-state index contributed by atoms with van der Waals surface area (Å²) in [5, 5.41) is 3.80. The molecule has 0 radical (unpaired) electrons. The number of para-hydroxylation sites is 1. The molecule has 1 N–H and O–H groups in total. The number of benzene rings is 1. The molecule has 3 aliphatic rings. The van der Waals surface area contributed by atoms with E-state index in [1.807, 2.05) is 7.11 Å². The van der Waals surface area contributed by atoms with Crippen LogP contribution < -0.4 is 10.1 Å². The molecule has 0 aliphatic heterocycles. The van der Waals surface area contributed by atoms with Crippen molar-refractivity contribution in [2.75, 3.05) is 13.7 Å². The topological polar surface area (TPSA) is 21.3 Å². The quantitative estimate of drug-likeness (QED) is 0.881. The van der Waals surface area contributed by atoms with Gasteiger partial charge in [0.1, 0.15) is 5.75 Å². The van der Waals surface area contributed by atoms with E-state index in [-0.39, 0.29) is 0 Å². The second-order valence-electron chi connectivity index (χ2n) is 7.70. The molecule has 2 heteroatoms. The van der Waals surface area contributed by atoms with Gasteiger partial charge in [-0.15, -0.1) is 0 Å². The highest BCUT2D eigenvalue weighted by Crippen LogP contribution is 2.63. The van der Waals surface area contributed by atoms with Crippen molar-refractivity contribution in [1.29, 1.82) is 0 Å². The largest absolute Gasteiger partial charge is 0.496 e. The van der Waals surface area contributed by atoms with E-state index in [4.69, 9.17) is 4.74 Å². The highest BCUT2D eigenvalue weighted by atomic mass is 16.5. The van der Waals surface area contributed by atoms with E-state index in [1.54, 1.807) is 0 Å². The van der Waals surface area contributed by atoms with Crippen LogP contribution >= 0.6 is 0 Å². The molecule has 1 aromatic carbocycles. The van der Waals surface area contributed by atoms with E-state index in [9.17, 15) is 0 Å². The van der Waals surface area contributed by atoms with Crippen LogP contribution in [-0.2, 0) is 5.41 Å². The molecule has 0 bridgehead atoms. The molecular formula is C19H27NO. The second-order valence-corrected chi connectivity index (χ2v) is 7.70. The van der Waals surface area contributed by atoms with Gasteiger partial charge >= 0.3 is 0 Å². The van der Waals surface area contributed by atoms with Crippen molar-refractivity contribution in [2.45, 2.75) is 62.8 Å². The lowest BCUT2D eigenvalue weighted by molar-refractivity contribution is 0.0252. The van der Waals surface area contributed by atoms with Gasteiger partial charge in [-0.3, -0.25) is 0 Å². The van der Waals surface area contributed by atoms with Crippen LogP contribution in [0.2, 0.25) is 0 Å². The zero-order valence-electron chi connectivity index (χ0n) is 13.2. The fourth-order valence-corrected chi connectivity index (χ4v) is 4.98. The van der Waals surface area contributed by atoms with Crippen molar-refractivity contribution < 1.29 is 4.74 Å². The SMILES string of the molecule is COc1ccccc1C1(CNC2CC2)CC2(CCCC2)C1. The van der Waals surface area contributed by atoms with E-state index in [0.717, 1.165) is 18.3 Å². The standard InChI is InChI=1S/C19H27NO/c1-21-17-7-3-2-6-16(17)19(14-20-15-8-9-15)12-18(13-19)10-4-5-11-18/h2-3,6-7,15,20H,4-5,8-14H2,1H3. The van der Waals surface area contributed by atoms with E-state index in [1.165, 1.54) is 56.9 Å². The van der Waals surface area contributed by atoms with E-state index in [0.29, 0.717) is 10.8 Å². The summed E-state index contributed by atoms with van der Waals surface area (Å²) in [6, 6.07) is 9.49. The van der Waals surface area contributed by atoms with Crippen LogP contribution in [0.4, 0.5) is 0 Å². The van der Waals surface area contributed by atoms with E-state index in [2.05, 4.69) is 29.6 Å². The summed E-state index contributed by atoms with van der Waals surface area (Å²) in [7, 11) is 1.81. The summed E-state index contributed by atoms with van der Waals surface area (Å²) in [5.41, 5.74) is 2.42. The van der Waals surface area contributed by atoms with Gasteiger partial charge in [-0.25, -0.2) is 0 Å². The van der Waals surface area contributed by atoms with Crippen molar-refractivity contribution in [3.8, 4) is 5.75 Å². The molecule has 1 aromatic rings. The summed E-state index contributed by atoms with van der Waals surface area (Å²) >= 11 is 0. The molecule has 0 unspecified atom stereocenters. The lowest BCUT2D eigenvalue weighted by Gasteiger charge is -2.56. The molecule has 3 aliphatic carbocycles. The smallest absolute Gasteiger partial charge is 0.122 e. The number of hydrogen-bond acceptors (Lipinski definition) is 2. The average Bonchev–Trinajstić information content (AvgIpc) is 3.20. The zero-order chi connectivity index (χ0) is 14.3. The Morgan fingerprint density at radius 3 is 2.52 bits per heavy atom. The van der Waals surface area contributed by atoms with Crippen LogP contribution in [-0.4, -0.2) is 19.7 Å². The van der Waals surface area contributed by atoms with Crippen molar-refractivity contribution in [1.82, 2.24) is 5.32 Å². The normalized spacial score (nSPS) is 25.8. The van der Waals surface area contributed by atoms with Gasteiger partial charge in [-0.05, 0) is 50.0 Å². The van der Waals surface area contributed by atoms with Gasteiger partial charge in [0.05, 0.1) is 7.11 Å². The Bertz CT molecular complexity index is 506. The Kier molecular flexibility index (Phi) is 3.25. The number of ether oxygens (including phenoxy) is 1. The number of hydrogen-bond donors (Lipinski definition) is 1. The minimum atomic E-state index is 0.319. The Morgan fingerprint density at radius 2 is 1.86 bits per heavy atom. The predicted molar refractivity (Wildman–Crippen MR) is 85.8 cm³/mol. The van der Waals surface area contributed by atoms with Gasteiger partial charge in [0.25, 0.3) is 0 Å². The van der Waals surface area contributed by atoms with Crippen LogP contribution in [0.1, 0.15) is 56.9 Å². The molecule has 21 heavy (non-hydrogen) atoms. The Labute approximate surface area is 128 Å². The maximum Gasteiger partial charge on any atom is 0.122 e. The van der Waals surface area contributed by atoms with Crippen molar-refractivity contribution >= 4 is 0 Å². The first-order valence-corrected chi connectivity index (χ1v) is 8.62. The van der Waals surface area contributed by atoms with Crippen LogP contribution in [0.3, 0.4) is 0 Å². The highest BCUT2D eigenvalue weighted by Gasteiger charge is 2.56. The molecule has 114 valence electrons. The summed E-state index contributed by atoms with van der Waals surface area (Å²) in [6.45, 7) is 1.14. The Balaban J connectivity index is 1.60. The predicted octanol–water partition coefficient (Wildman–Crippen LogP) is 4.04. The first-order chi connectivity index (χ1) is 10.3. The second kappa shape index (κ2) is 5.01. The summed E-state index contributed by atoms with van der Waals surface area (Å²) in [6.07, 6.45) is 11.2. The fourth-order valence-electron chi connectivity index (χ4n) is 4.98. The lowest BCUT2D eigenvalue weighted by atomic mass is 9.49. The van der Waals surface area contributed by atoms with Crippen LogP contribution in [0.5, 0.6) is 5.75 Å². The van der Waals surface area contributed by atoms with Gasteiger partial charge in [0.15, 0.2) is 0 Å². The molecule has 3 fully saturated rings. The number of methoxy groups -OCH3 is 1. The molecule has 0 heterocycles.